The highest BCUT2D eigenvalue weighted by atomic mass is 35.5. The van der Waals surface area contributed by atoms with Gasteiger partial charge in [0, 0.05) is 102 Å². The number of aromatic hydroxyl groups is 1. The predicted molar refractivity (Wildman–Crippen MR) is 216 cm³/mol. The van der Waals surface area contributed by atoms with E-state index < -0.39 is 0 Å². The van der Waals surface area contributed by atoms with E-state index in [4.69, 9.17) is 16.3 Å². The summed E-state index contributed by atoms with van der Waals surface area (Å²) in [6.45, 7) is 7.17. The number of hydrogen-bond acceptors (Lipinski definition) is 5. The zero-order chi connectivity index (χ0) is 37.5. The zero-order valence-electron chi connectivity index (χ0n) is 30.8. The van der Waals surface area contributed by atoms with Crippen LogP contribution in [-0.4, -0.2) is 75.2 Å². The van der Waals surface area contributed by atoms with Crippen molar-refractivity contribution in [2.45, 2.75) is 45.3 Å². The highest BCUT2D eigenvalue weighted by molar-refractivity contribution is 6.31. The number of fused-ring (bicyclic) bond motifs is 3. The molecule has 0 aliphatic carbocycles. The highest BCUT2D eigenvalue weighted by Gasteiger charge is 2.31. The van der Waals surface area contributed by atoms with Gasteiger partial charge in [0.1, 0.15) is 5.75 Å². The number of benzene rings is 4. The molecule has 55 heavy (non-hydrogen) atoms. The molecule has 0 atom stereocenters. The van der Waals surface area contributed by atoms with Crippen molar-refractivity contribution in [1.82, 2.24) is 18.9 Å². The van der Waals surface area contributed by atoms with Crippen LogP contribution in [0.3, 0.4) is 0 Å². The Morgan fingerprint density at radius 3 is 2.40 bits per heavy atom. The molecule has 280 valence electrons. The van der Waals surface area contributed by atoms with Gasteiger partial charge in [-0.15, -0.1) is 0 Å². The SMILES string of the molecule is O=C(c1ccc(Cl)cc1-c1cc(C(=O)N(c2ccc(O)cc2)c2ccc3c(ccn3CCN3CCOCC3)c2)c2n1CCCC2)N1CCc2ccccc2C1. The monoisotopic (exact) mass is 753 g/mol. The molecule has 0 saturated carbocycles. The van der Waals surface area contributed by atoms with E-state index in [0.29, 0.717) is 34.9 Å². The molecule has 1 N–H and O–H groups in total. The average Bonchev–Trinajstić information content (AvgIpc) is 3.82. The molecule has 4 aromatic carbocycles. The van der Waals surface area contributed by atoms with Crippen molar-refractivity contribution in [3.8, 4) is 17.0 Å². The summed E-state index contributed by atoms with van der Waals surface area (Å²) in [5, 5.41) is 11.8. The fourth-order valence-electron chi connectivity index (χ4n) is 8.54. The normalized spacial score (nSPS) is 15.8. The first-order chi connectivity index (χ1) is 26.9. The Balaban J connectivity index is 1.08. The minimum Gasteiger partial charge on any atom is -0.508 e. The summed E-state index contributed by atoms with van der Waals surface area (Å²) in [4.78, 5) is 35.6. The Bertz CT molecular complexity index is 2390. The van der Waals surface area contributed by atoms with E-state index in [9.17, 15) is 9.90 Å². The number of carbonyl (C=O) groups is 2. The van der Waals surface area contributed by atoms with Crippen molar-refractivity contribution in [2.75, 3.05) is 44.3 Å². The molecule has 10 heteroatoms. The molecule has 3 aliphatic heterocycles. The second-order valence-corrected chi connectivity index (χ2v) is 15.2. The standard InChI is InChI=1S/C45H44ClN5O4/c46-34-8-14-38(44(53)49-20-16-31-5-1-2-6-33(31)30-49)39(28-34)43-29-40(42-7-3-4-18-50(42)43)45(54)51(35-9-12-37(52)13-10-35)36-11-15-41-32(27-36)17-19-48(41)22-21-47-23-25-55-26-24-47/h1-2,5-6,8-15,17,19,27-29,52H,3-4,7,16,18,20-26,30H2. The number of carbonyl (C=O) groups excluding carboxylic acids is 2. The lowest BCUT2D eigenvalue weighted by molar-refractivity contribution is 0.0365. The first kappa shape index (κ1) is 35.4. The molecular weight excluding hydrogens is 710 g/mol. The molecule has 3 aliphatic rings. The molecule has 6 aromatic rings. The largest absolute Gasteiger partial charge is 0.508 e. The van der Waals surface area contributed by atoms with E-state index in [-0.39, 0.29) is 17.6 Å². The molecule has 0 radical (unpaired) electrons. The highest BCUT2D eigenvalue weighted by Crippen LogP contribution is 2.38. The summed E-state index contributed by atoms with van der Waals surface area (Å²) in [6, 6.07) is 30.8. The van der Waals surface area contributed by atoms with Crippen molar-refractivity contribution in [3.05, 3.63) is 136 Å². The maximum Gasteiger partial charge on any atom is 0.264 e. The molecule has 1 saturated heterocycles. The maximum absolute atomic E-state index is 15.1. The summed E-state index contributed by atoms with van der Waals surface area (Å²) in [5.74, 6) is -0.0876. The van der Waals surface area contributed by atoms with Crippen LogP contribution in [0.1, 0.15) is 50.4 Å². The number of phenolic OH excluding ortho intramolecular Hbond substituents is 1. The third kappa shape index (κ3) is 6.92. The lowest BCUT2D eigenvalue weighted by Gasteiger charge is -2.30. The number of halogens is 1. The van der Waals surface area contributed by atoms with Crippen LogP contribution in [0.4, 0.5) is 11.4 Å². The molecule has 2 amide bonds. The van der Waals surface area contributed by atoms with E-state index >= 15 is 4.79 Å². The number of morpholine rings is 1. The first-order valence-corrected chi connectivity index (χ1v) is 19.7. The lowest BCUT2D eigenvalue weighted by atomic mass is 9.97. The van der Waals surface area contributed by atoms with Crippen molar-refractivity contribution < 1.29 is 19.4 Å². The Hall–Kier alpha value is -5.35. The van der Waals surface area contributed by atoms with Gasteiger partial charge in [-0.2, -0.15) is 0 Å². The van der Waals surface area contributed by atoms with Gasteiger partial charge >= 0.3 is 0 Å². The Kier molecular flexibility index (Phi) is 9.68. The number of amides is 2. The molecule has 0 spiro atoms. The van der Waals surface area contributed by atoms with Gasteiger partial charge in [0.05, 0.1) is 18.8 Å². The average molecular weight is 754 g/mol. The van der Waals surface area contributed by atoms with Gasteiger partial charge in [-0.3, -0.25) is 19.4 Å². The Morgan fingerprint density at radius 2 is 1.56 bits per heavy atom. The summed E-state index contributed by atoms with van der Waals surface area (Å²) in [6.07, 6.45) is 5.59. The number of ether oxygens (including phenoxy) is 1. The number of nitrogens with zero attached hydrogens (tertiary/aromatic N) is 5. The van der Waals surface area contributed by atoms with Gasteiger partial charge < -0.3 is 23.9 Å². The zero-order valence-corrected chi connectivity index (χ0v) is 31.5. The molecule has 1 fully saturated rings. The second kappa shape index (κ2) is 15.1. The number of hydrogen-bond donors (Lipinski definition) is 1. The summed E-state index contributed by atoms with van der Waals surface area (Å²) in [5.41, 5.74) is 8.61. The number of phenols is 1. The van der Waals surface area contributed by atoms with Gasteiger partial charge in [0.15, 0.2) is 0 Å². The number of anilines is 2. The number of aromatic nitrogens is 2. The van der Waals surface area contributed by atoms with E-state index in [1.165, 1.54) is 11.1 Å². The van der Waals surface area contributed by atoms with Crippen molar-refractivity contribution in [3.63, 3.8) is 0 Å². The smallest absolute Gasteiger partial charge is 0.264 e. The Morgan fingerprint density at radius 1 is 0.764 bits per heavy atom. The van der Waals surface area contributed by atoms with Crippen LogP contribution in [-0.2, 0) is 37.2 Å². The van der Waals surface area contributed by atoms with Gasteiger partial charge in [-0.25, -0.2) is 0 Å². The van der Waals surface area contributed by atoms with Crippen molar-refractivity contribution in [2.24, 2.45) is 0 Å². The van der Waals surface area contributed by atoms with Crippen molar-refractivity contribution >= 4 is 45.7 Å². The Labute approximate surface area is 325 Å². The van der Waals surface area contributed by atoms with Gasteiger partial charge in [-0.05, 0) is 110 Å². The van der Waals surface area contributed by atoms with Crippen LogP contribution < -0.4 is 4.90 Å². The summed E-state index contributed by atoms with van der Waals surface area (Å²) < 4.78 is 10.0. The minimum atomic E-state index is -0.170. The van der Waals surface area contributed by atoms with Crippen LogP contribution in [0, 0.1) is 0 Å². The van der Waals surface area contributed by atoms with Crippen LogP contribution in [0.25, 0.3) is 22.2 Å². The molecule has 0 unspecified atom stereocenters. The van der Waals surface area contributed by atoms with Crippen LogP contribution in [0.2, 0.25) is 5.02 Å². The van der Waals surface area contributed by atoms with Crippen molar-refractivity contribution in [1.29, 1.82) is 0 Å². The van der Waals surface area contributed by atoms with E-state index in [2.05, 4.69) is 56.6 Å². The van der Waals surface area contributed by atoms with E-state index in [0.717, 1.165) is 105 Å². The third-order valence-electron chi connectivity index (χ3n) is 11.5. The fourth-order valence-corrected chi connectivity index (χ4v) is 8.71. The lowest BCUT2D eigenvalue weighted by Crippen LogP contribution is -2.38. The van der Waals surface area contributed by atoms with Gasteiger partial charge in [0.2, 0.25) is 0 Å². The second-order valence-electron chi connectivity index (χ2n) is 14.8. The summed E-state index contributed by atoms with van der Waals surface area (Å²) >= 11 is 6.67. The maximum atomic E-state index is 15.1. The fraction of sp³-hybridized carbons (Fsp3) is 0.289. The molecule has 9 nitrogen and oxygen atoms in total. The molecule has 5 heterocycles. The molecular formula is C45H44ClN5O4. The first-order valence-electron chi connectivity index (χ1n) is 19.3. The quantitative estimate of drug-likeness (QED) is 0.169. The number of rotatable bonds is 8. The minimum absolute atomic E-state index is 0.0451. The van der Waals surface area contributed by atoms with Crippen LogP contribution in [0.5, 0.6) is 5.75 Å². The molecule has 9 rings (SSSR count). The molecule has 2 aromatic heterocycles. The predicted octanol–water partition coefficient (Wildman–Crippen LogP) is 8.31. The molecule has 0 bridgehead atoms. The third-order valence-corrected chi connectivity index (χ3v) is 11.7. The topological polar surface area (TPSA) is 83.2 Å². The van der Waals surface area contributed by atoms with Gasteiger partial charge in [0.25, 0.3) is 11.8 Å². The summed E-state index contributed by atoms with van der Waals surface area (Å²) in [7, 11) is 0. The van der Waals surface area contributed by atoms with Crippen LogP contribution in [0.15, 0.2) is 103 Å². The van der Waals surface area contributed by atoms with Crippen LogP contribution >= 0.6 is 11.6 Å². The van der Waals surface area contributed by atoms with Gasteiger partial charge in [-0.1, -0.05) is 35.9 Å². The van der Waals surface area contributed by atoms with E-state index in [1.54, 1.807) is 35.2 Å². The van der Waals surface area contributed by atoms with E-state index in [1.807, 2.05) is 35.2 Å².